The van der Waals surface area contributed by atoms with Gasteiger partial charge >= 0.3 is 0 Å². The van der Waals surface area contributed by atoms with Crippen molar-refractivity contribution in [3.63, 3.8) is 0 Å². The van der Waals surface area contributed by atoms with Crippen molar-refractivity contribution in [2.75, 3.05) is 11.4 Å². The summed E-state index contributed by atoms with van der Waals surface area (Å²) in [6.07, 6.45) is 3.99. The average Bonchev–Trinajstić information content (AvgIpc) is 3.07. The molecule has 1 aromatic carbocycles. The quantitative estimate of drug-likeness (QED) is 0.887. The van der Waals surface area contributed by atoms with Crippen LogP contribution in [0.15, 0.2) is 30.3 Å². The number of aliphatic hydroxyl groups is 1. The van der Waals surface area contributed by atoms with Crippen LogP contribution in [0.1, 0.15) is 38.5 Å². The van der Waals surface area contributed by atoms with Crippen LogP contribution in [-0.4, -0.2) is 35.1 Å². The topological polar surface area (TPSA) is 69.6 Å². The van der Waals surface area contributed by atoms with Crippen molar-refractivity contribution in [2.24, 2.45) is 0 Å². The van der Waals surface area contributed by atoms with E-state index in [0.29, 0.717) is 25.8 Å². The molecule has 1 saturated carbocycles. The summed E-state index contributed by atoms with van der Waals surface area (Å²) in [5.74, 6) is -0.296. The first-order valence-corrected chi connectivity index (χ1v) is 7.96. The molecular weight excluding hydrogens is 280 g/mol. The van der Waals surface area contributed by atoms with Crippen LogP contribution in [0.5, 0.6) is 0 Å². The van der Waals surface area contributed by atoms with E-state index < -0.39 is 11.6 Å². The molecule has 1 aliphatic heterocycles. The van der Waals surface area contributed by atoms with Crippen molar-refractivity contribution in [3.05, 3.63) is 30.3 Å². The van der Waals surface area contributed by atoms with Crippen LogP contribution in [0, 0.1) is 0 Å². The number of benzene rings is 1. The molecule has 0 radical (unpaired) electrons. The van der Waals surface area contributed by atoms with E-state index in [-0.39, 0.29) is 18.2 Å². The van der Waals surface area contributed by atoms with Gasteiger partial charge in [0, 0.05) is 12.2 Å². The van der Waals surface area contributed by atoms with Crippen molar-refractivity contribution in [1.82, 2.24) is 5.32 Å². The number of anilines is 1. The fourth-order valence-corrected chi connectivity index (χ4v) is 3.43. The SMILES string of the molecule is O=C(CC1(O)CCCC1)NC1CCN(c2ccccc2)C1=O. The molecule has 3 rings (SSSR count). The minimum atomic E-state index is -0.870. The first kappa shape index (κ1) is 15.0. The van der Waals surface area contributed by atoms with Gasteiger partial charge in [-0.2, -0.15) is 0 Å². The van der Waals surface area contributed by atoms with Crippen molar-refractivity contribution in [2.45, 2.75) is 50.2 Å². The Labute approximate surface area is 130 Å². The molecule has 1 aliphatic carbocycles. The van der Waals surface area contributed by atoms with Crippen molar-refractivity contribution in [1.29, 1.82) is 0 Å². The fraction of sp³-hybridized carbons (Fsp3) is 0.529. The maximum atomic E-state index is 12.4. The first-order valence-electron chi connectivity index (χ1n) is 7.96. The minimum absolute atomic E-state index is 0.0713. The predicted octanol–water partition coefficient (Wildman–Crippen LogP) is 1.60. The smallest absolute Gasteiger partial charge is 0.249 e. The second-order valence-electron chi connectivity index (χ2n) is 6.34. The number of rotatable bonds is 4. The van der Waals surface area contributed by atoms with E-state index in [1.807, 2.05) is 30.3 Å². The Hall–Kier alpha value is -1.88. The summed E-state index contributed by atoms with van der Waals surface area (Å²) in [6, 6.07) is 9.00. The highest BCUT2D eigenvalue weighted by atomic mass is 16.3. The molecule has 1 unspecified atom stereocenters. The Morgan fingerprint density at radius 2 is 1.95 bits per heavy atom. The largest absolute Gasteiger partial charge is 0.389 e. The van der Waals surface area contributed by atoms with Gasteiger partial charge in [0.05, 0.1) is 12.0 Å². The summed E-state index contributed by atoms with van der Waals surface area (Å²) in [7, 11) is 0. The van der Waals surface area contributed by atoms with Crippen molar-refractivity contribution < 1.29 is 14.7 Å². The van der Waals surface area contributed by atoms with Gasteiger partial charge in [0.25, 0.3) is 0 Å². The van der Waals surface area contributed by atoms with Crippen LogP contribution in [0.3, 0.4) is 0 Å². The van der Waals surface area contributed by atoms with Gasteiger partial charge in [-0.05, 0) is 31.4 Å². The number of hydrogen-bond acceptors (Lipinski definition) is 3. The van der Waals surface area contributed by atoms with Gasteiger partial charge in [-0.3, -0.25) is 9.59 Å². The van der Waals surface area contributed by atoms with Crippen LogP contribution >= 0.6 is 0 Å². The van der Waals surface area contributed by atoms with Gasteiger partial charge in [0.15, 0.2) is 0 Å². The Bertz CT molecular complexity index is 552. The van der Waals surface area contributed by atoms with E-state index in [1.165, 1.54) is 0 Å². The summed E-state index contributed by atoms with van der Waals surface area (Å²) in [5.41, 5.74) is -0.0103. The van der Waals surface area contributed by atoms with E-state index in [0.717, 1.165) is 18.5 Å². The highest BCUT2D eigenvalue weighted by molar-refractivity contribution is 6.01. The molecule has 2 amide bonds. The normalized spacial score (nSPS) is 23.8. The molecule has 2 fully saturated rings. The van der Waals surface area contributed by atoms with Crippen molar-refractivity contribution in [3.8, 4) is 0 Å². The Morgan fingerprint density at radius 1 is 1.27 bits per heavy atom. The number of nitrogens with zero attached hydrogens (tertiary/aromatic N) is 1. The molecule has 0 spiro atoms. The third kappa shape index (κ3) is 3.14. The highest BCUT2D eigenvalue weighted by Crippen LogP contribution is 2.32. The number of carbonyl (C=O) groups excluding carboxylic acids is 2. The average molecular weight is 302 g/mol. The van der Waals surface area contributed by atoms with Gasteiger partial charge in [0.2, 0.25) is 11.8 Å². The highest BCUT2D eigenvalue weighted by Gasteiger charge is 2.37. The zero-order valence-electron chi connectivity index (χ0n) is 12.6. The molecule has 5 nitrogen and oxygen atoms in total. The lowest BCUT2D eigenvalue weighted by atomic mass is 9.97. The molecule has 1 atom stereocenters. The summed E-state index contributed by atoms with van der Waals surface area (Å²) < 4.78 is 0. The fourth-order valence-electron chi connectivity index (χ4n) is 3.43. The zero-order chi connectivity index (χ0) is 15.6. The predicted molar refractivity (Wildman–Crippen MR) is 83.4 cm³/mol. The molecule has 1 aromatic rings. The summed E-state index contributed by atoms with van der Waals surface area (Å²) in [6.45, 7) is 0.609. The molecule has 5 heteroatoms. The summed E-state index contributed by atoms with van der Waals surface area (Å²) in [4.78, 5) is 26.2. The van der Waals surface area contributed by atoms with Crippen LogP contribution in [-0.2, 0) is 9.59 Å². The Morgan fingerprint density at radius 3 is 2.64 bits per heavy atom. The monoisotopic (exact) mass is 302 g/mol. The molecule has 22 heavy (non-hydrogen) atoms. The van der Waals surface area contributed by atoms with E-state index in [1.54, 1.807) is 4.90 Å². The Kier molecular flexibility index (Phi) is 4.16. The number of para-hydroxylation sites is 1. The first-order chi connectivity index (χ1) is 10.6. The van der Waals surface area contributed by atoms with Crippen LogP contribution in [0.4, 0.5) is 5.69 Å². The summed E-state index contributed by atoms with van der Waals surface area (Å²) >= 11 is 0. The van der Waals surface area contributed by atoms with Crippen LogP contribution in [0.25, 0.3) is 0 Å². The second-order valence-corrected chi connectivity index (χ2v) is 6.34. The number of hydrogen-bond donors (Lipinski definition) is 2. The standard InChI is InChI=1S/C17H22N2O3/c20-15(12-17(22)9-4-5-10-17)18-14-8-11-19(16(14)21)13-6-2-1-3-7-13/h1-3,6-7,14,22H,4-5,8-12H2,(H,18,20). The molecule has 0 bridgehead atoms. The van der Waals surface area contributed by atoms with Crippen LogP contribution in [0.2, 0.25) is 0 Å². The van der Waals surface area contributed by atoms with E-state index in [9.17, 15) is 14.7 Å². The third-order valence-electron chi connectivity index (χ3n) is 4.63. The maximum Gasteiger partial charge on any atom is 0.249 e. The molecule has 1 heterocycles. The van der Waals surface area contributed by atoms with Crippen molar-refractivity contribution >= 4 is 17.5 Å². The number of nitrogens with one attached hydrogen (secondary N) is 1. The molecular formula is C17H22N2O3. The molecule has 118 valence electrons. The second kappa shape index (κ2) is 6.08. The lowest BCUT2D eigenvalue weighted by molar-refractivity contribution is -0.129. The van der Waals surface area contributed by atoms with Gasteiger partial charge < -0.3 is 15.3 Å². The maximum absolute atomic E-state index is 12.4. The van der Waals surface area contributed by atoms with E-state index in [4.69, 9.17) is 0 Å². The van der Waals surface area contributed by atoms with Gasteiger partial charge in [-0.25, -0.2) is 0 Å². The molecule has 1 saturated heterocycles. The lowest BCUT2D eigenvalue weighted by Gasteiger charge is -2.22. The third-order valence-corrected chi connectivity index (χ3v) is 4.63. The molecule has 0 aromatic heterocycles. The van der Waals surface area contributed by atoms with Crippen LogP contribution < -0.4 is 10.2 Å². The van der Waals surface area contributed by atoms with Gasteiger partial charge in [-0.15, -0.1) is 0 Å². The lowest BCUT2D eigenvalue weighted by Crippen LogP contribution is -2.44. The molecule has 2 N–H and O–H groups in total. The van der Waals surface area contributed by atoms with Gasteiger partial charge in [-0.1, -0.05) is 31.0 Å². The van der Waals surface area contributed by atoms with Gasteiger partial charge in [0.1, 0.15) is 6.04 Å². The minimum Gasteiger partial charge on any atom is -0.389 e. The number of carbonyl (C=O) groups is 2. The zero-order valence-corrected chi connectivity index (χ0v) is 12.6. The Balaban J connectivity index is 1.58. The van der Waals surface area contributed by atoms with E-state index in [2.05, 4.69) is 5.32 Å². The number of amides is 2. The van der Waals surface area contributed by atoms with E-state index >= 15 is 0 Å². The summed E-state index contributed by atoms with van der Waals surface area (Å²) in [5, 5.41) is 13.1. The molecule has 2 aliphatic rings.